The Balaban J connectivity index is 2.51. The summed E-state index contributed by atoms with van der Waals surface area (Å²) in [5.41, 5.74) is 0. The predicted octanol–water partition coefficient (Wildman–Crippen LogP) is 9.13. The molecule has 0 saturated carbocycles. The summed E-state index contributed by atoms with van der Waals surface area (Å²) < 4.78 is 42.1. The number of likely N-dealkylation sites (N-methyl/N-ethyl adjacent to an activating group) is 2. The molecular weight excluding hydrogens is 712 g/mol. The van der Waals surface area contributed by atoms with Crippen LogP contribution in [0.25, 0.3) is 0 Å². The molecule has 56 heavy (non-hydrogen) atoms. The minimum Gasteiger partial charge on any atom is -0.462 e. The number of rotatable bonds is 41. The minimum absolute atomic E-state index is 0.00546. The summed E-state index contributed by atoms with van der Waals surface area (Å²) >= 11 is 0. The van der Waals surface area contributed by atoms with Crippen LogP contribution in [0.4, 0.5) is 0 Å². The van der Waals surface area contributed by atoms with E-state index in [0.717, 1.165) is 77.8 Å². The largest absolute Gasteiger partial charge is 0.462 e. The third kappa shape index (κ3) is 30.7. The van der Waals surface area contributed by atoms with Crippen molar-refractivity contribution >= 4 is 11.9 Å². The van der Waals surface area contributed by atoms with E-state index in [1.54, 1.807) is 9.80 Å². The molecule has 0 radical (unpaired) electrons. The molecule has 332 valence electrons. The van der Waals surface area contributed by atoms with Gasteiger partial charge in [-0.25, -0.2) is 0 Å². The number of unbranched alkanes of at least 4 members (excludes halogenated alkanes) is 20. The Kier molecular flexibility index (Phi) is 35.7. The third-order valence-corrected chi connectivity index (χ3v) is 10.1. The van der Waals surface area contributed by atoms with Gasteiger partial charge in [0.2, 0.25) is 6.29 Å². The van der Waals surface area contributed by atoms with Crippen LogP contribution in [-0.4, -0.2) is 134 Å². The molecule has 0 N–H and O–H groups in total. The Morgan fingerprint density at radius 3 is 1.23 bits per heavy atom. The number of hydrogen-bond donors (Lipinski definition) is 0. The van der Waals surface area contributed by atoms with Crippen molar-refractivity contribution in [1.29, 1.82) is 0 Å². The first-order chi connectivity index (χ1) is 27.3. The summed E-state index contributed by atoms with van der Waals surface area (Å²) in [7, 11) is 7.28. The van der Waals surface area contributed by atoms with Crippen molar-refractivity contribution in [1.82, 2.24) is 9.80 Å². The molecule has 4 atom stereocenters. The molecule has 0 aromatic rings. The Labute approximate surface area is 343 Å². The molecule has 0 amide bonds. The fraction of sp³-hybridized carbons (Fsp3) is 0.956. The van der Waals surface area contributed by atoms with E-state index in [1.165, 1.54) is 103 Å². The number of hydrogen-bond acceptors (Lipinski definition) is 11. The third-order valence-electron chi connectivity index (χ3n) is 10.1. The maximum atomic E-state index is 12.8. The zero-order chi connectivity index (χ0) is 40.9. The first kappa shape index (κ1) is 52.7. The summed E-state index contributed by atoms with van der Waals surface area (Å²) in [6, 6.07) is 0. The van der Waals surface area contributed by atoms with Crippen LogP contribution in [0.15, 0.2) is 0 Å². The molecule has 11 nitrogen and oxygen atoms in total. The van der Waals surface area contributed by atoms with Gasteiger partial charge in [0.1, 0.15) is 24.9 Å². The summed E-state index contributed by atoms with van der Waals surface area (Å²) in [5, 5.41) is 0. The average molecular weight is 801 g/mol. The number of nitrogens with zero attached hydrogens (tertiary/aromatic N) is 2. The second-order valence-corrected chi connectivity index (χ2v) is 16.4. The zero-order valence-electron chi connectivity index (χ0n) is 37.2. The number of carbonyl (C=O) groups excluding carboxylic acids is 2. The van der Waals surface area contributed by atoms with Crippen molar-refractivity contribution in [3.05, 3.63) is 0 Å². The van der Waals surface area contributed by atoms with E-state index in [1.807, 2.05) is 28.2 Å². The van der Waals surface area contributed by atoms with Gasteiger partial charge < -0.3 is 33.2 Å². The van der Waals surface area contributed by atoms with Crippen LogP contribution >= 0.6 is 0 Å². The highest BCUT2D eigenvalue weighted by Gasteiger charge is 2.49. The van der Waals surface area contributed by atoms with Gasteiger partial charge in [-0.3, -0.25) is 19.4 Å². The molecule has 0 aromatic heterocycles. The molecule has 1 rings (SSSR count). The summed E-state index contributed by atoms with van der Waals surface area (Å²) in [5.74, 6) is -0.744. The van der Waals surface area contributed by atoms with Gasteiger partial charge in [-0.05, 0) is 66.7 Å². The van der Waals surface area contributed by atoms with E-state index in [2.05, 4.69) is 13.8 Å². The fourth-order valence-electron chi connectivity index (χ4n) is 6.84. The predicted molar refractivity (Wildman–Crippen MR) is 226 cm³/mol. The Morgan fingerprint density at radius 2 is 0.821 bits per heavy atom. The smallest absolute Gasteiger partial charge is 0.322 e. The second kappa shape index (κ2) is 37.9. The maximum absolute atomic E-state index is 12.8. The highest BCUT2D eigenvalue weighted by Crippen LogP contribution is 2.29. The molecule has 11 heteroatoms. The Hall–Kier alpha value is -1.34. The van der Waals surface area contributed by atoms with Crippen LogP contribution in [0.5, 0.6) is 0 Å². The van der Waals surface area contributed by atoms with Gasteiger partial charge in [0, 0.05) is 39.6 Å². The van der Waals surface area contributed by atoms with Gasteiger partial charge in [-0.15, -0.1) is 0 Å². The normalized spacial score (nSPS) is 18.4. The second-order valence-electron chi connectivity index (χ2n) is 16.4. The average Bonchev–Trinajstić information content (AvgIpc) is 3.47. The van der Waals surface area contributed by atoms with Crippen LogP contribution in [0.1, 0.15) is 168 Å². The monoisotopic (exact) mass is 801 g/mol. The molecule has 1 heterocycles. The lowest BCUT2D eigenvalue weighted by atomic mass is 10.1. The summed E-state index contributed by atoms with van der Waals surface area (Å²) in [4.78, 5) is 28.7. The number of ether oxygens (including phenoxy) is 7. The quantitative estimate of drug-likeness (QED) is 0.0437. The van der Waals surface area contributed by atoms with E-state index in [-0.39, 0.29) is 25.7 Å². The van der Waals surface area contributed by atoms with Crippen molar-refractivity contribution < 1.29 is 42.7 Å². The SMILES string of the molecule is CCCCCCCOCCCCCCCCCOC1[C@@H](COC(=O)CN(C)C)O[C@@H](OC(=O)CN(C)C)[C@H]1OCCCCCCCCCOCCCCCCC. The van der Waals surface area contributed by atoms with E-state index in [9.17, 15) is 9.59 Å². The van der Waals surface area contributed by atoms with E-state index < -0.39 is 30.6 Å². The molecule has 0 aromatic carbocycles. The summed E-state index contributed by atoms with van der Waals surface area (Å²) in [6.07, 6.45) is 25.9. The van der Waals surface area contributed by atoms with Gasteiger partial charge in [-0.1, -0.05) is 129 Å². The lowest BCUT2D eigenvalue weighted by Crippen LogP contribution is -2.41. The lowest BCUT2D eigenvalue weighted by molar-refractivity contribution is -0.197. The van der Waals surface area contributed by atoms with Crippen molar-refractivity contribution in [2.24, 2.45) is 0 Å². The van der Waals surface area contributed by atoms with Crippen LogP contribution in [0.2, 0.25) is 0 Å². The van der Waals surface area contributed by atoms with Crippen LogP contribution in [0, 0.1) is 0 Å². The molecule has 0 bridgehead atoms. The molecule has 1 aliphatic heterocycles. The van der Waals surface area contributed by atoms with Gasteiger partial charge in [-0.2, -0.15) is 0 Å². The number of carbonyl (C=O) groups is 2. The molecular formula is C45H88N2O9. The highest BCUT2D eigenvalue weighted by molar-refractivity contribution is 5.72. The first-order valence-electron chi connectivity index (χ1n) is 23.0. The minimum atomic E-state index is -0.936. The summed E-state index contributed by atoms with van der Waals surface area (Å²) in [6.45, 7) is 9.38. The molecule has 0 spiro atoms. The maximum Gasteiger partial charge on any atom is 0.322 e. The van der Waals surface area contributed by atoms with Crippen LogP contribution in [0.3, 0.4) is 0 Å². The van der Waals surface area contributed by atoms with Gasteiger partial charge in [0.25, 0.3) is 0 Å². The van der Waals surface area contributed by atoms with Crippen molar-refractivity contribution in [3.8, 4) is 0 Å². The van der Waals surface area contributed by atoms with E-state index >= 15 is 0 Å². The number of esters is 2. The van der Waals surface area contributed by atoms with E-state index in [4.69, 9.17) is 33.2 Å². The Morgan fingerprint density at radius 1 is 0.464 bits per heavy atom. The highest BCUT2D eigenvalue weighted by atomic mass is 16.7. The fourth-order valence-corrected chi connectivity index (χ4v) is 6.84. The van der Waals surface area contributed by atoms with Gasteiger partial charge in [0.15, 0.2) is 0 Å². The lowest BCUT2D eigenvalue weighted by Gasteiger charge is -2.25. The zero-order valence-corrected chi connectivity index (χ0v) is 37.2. The Bertz CT molecular complexity index is 894. The van der Waals surface area contributed by atoms with Gasteiger partial charge in [0.05, 0.1) is 13.1 Å². The topological polar surface area (TPSA) is 105 Å². The van der Waals surface area contributed by atoms with Crippen molar-refractivity contribution in [2.45, 2.75) is 193 Å². The van der Waals surface area contributed by atoms with Crippen LogP contribution < -0.4 is 0 Å². The van der Waals surface area contributed by atoms with Crippen molar-refractivity contribution in [3.63, 3.8) is 0 Å². The van der Waals surface area contributed by atoms with Gasteiger partial charge >= 0.3 is 11.9 Å². The molecule has 1 saturated heterocycles. The molecule has 1 aliphatic rings. The molecule has 1 unspecified atom stereocenters. The first-order valence-corrected chi connectivity index (χ1v) is 23.0. The van der Waals surface area contributed by atoms with Crippen molar-refractivity contribution in [2.75, 3.05) is 87.5 Å². The van der Waals surface area contributed by atoms with Crippen LogP contribution in [-0.2, 0) is 42.7 Å². The molecule has 1 fully saturated rings. The van der Waals surface area contributed by atoms with E-state index in [0.29, 0.717) is 13.2 Å². The molecule has 0 aliphatic carbocycles. The standard InChI is InChI=1S/C45H88N2O9/c1-7-9-11-19-25-31-50-33-27-21-15-13-17-23-29-35-52-43-40(39-54-41(48)37-46(3)4)55-45(56-42(49)38-47(5)6)44(43)53-36-30-24-18-14-16-22-28-34-51-32-26-20-12-10-8-2/h40,43-45H,7-39H2,1-6H3/t40-,43?,44+,45+/m1/s1.